The van der Waals surface area contributed by atoms with Crippen LogP contribution >= 0.6 is 0 Å². The molecule has 38 heavy (non-hydrogen) atoms. The summed E-state index contributed by atoms with van der Waals surface area (Å²) in [5, 5.41) is 0. The van der Waals surface area contributed by atoms with Gasteiger partial charge in [-0.3, -0.25) is 0 Å². The molecule has 0 bridgehead atoms. The summed E-state index contributed by atoms with van der Waals surface area (Å²) >= 11 is 0. The van der Waals surface area contributed by atoms with E-state index >= 15 is 0 Å². The second kappa shape index (κ2) is 16.9. The summed E-state index contributed by atoms with van der Waals surface area (Å²) < 4.78 is 15.6. The van der Waals surface area contributed by atoms with E-state index in [1.54, 1.807) is 24.3 Å². The van der Waals surface area contributed by atoms with E-state index in [4.69, 9.17) is 19.9 Å². The molecule has 0 saturated carbocycles. The fourth-order valence-electron chi connectivity index (χ4n) is 4.52. The summed E-state index contributed by atoms with van der Waals surface area (Å²) in [6, 6.07) is 6.24. The van der Waals surface area contributed by atoms with E-state index in [0.717, 1.165) is 12.8 Å². The first kappa shape index (κ1) is 31.4. The molecule has 0 spiro atoms. The van der Waals surface area contributed by atoms with Crippen molar-refractivity contribution in [2.24, 2.45) is 5.73 Å². The fourth-order valence-corrected chi connectivity index (χ4v) is 4.52. The zero-order chi connectivity index (χ0) is 27.8. The topological polar surface area (TPSA) is 105 Å². The molecule has 212 valence electrons. The minimum atomic E-state index is -1.34. The van der Waals surface area contributed by atoms with E-state index in [1.165, 1.54) is 97.3 Å². The SMILES string of the molecule is CCCCCCCCCCCCCCCCCOC(=O)c1ccc(C(N)=C2C(=O)OC(C)(C)OC2=O)cc1. The van der Waals surface area contributed by atoms with Crippen LogP contribution in [0.3, 0.4) is 0 Å². The Kier molecular flexibility index (Phi) is 14.0. The molecule has 0 radical (unpaired) electrons. The standard InChI is InChI=1S/C31H47NO6/c1-4-5-6-7-8-9-10-11-12-13-14-15-16-17-18-23-36-28(33)25-21-19-24(20-22-25)27(32)26-29(34)37-31(2,3)38-30(26)35/h19-22H,4-18,23,32H2,1-3H3. The van der Waals surface area contributed by atoms with E-state index in [-0.39, 0.29) is 11.3 Å². The molecule has 1 aliphatic heterocycles. The first-order valence-corrected chi connectivity index (χ1v) is 14.5. The highest BCUT2D eigenvalue weighted by Crippen LogP contribution is 2.26. The van der Waals surface area contributed by atoms with Crippen molar-refractivity contribution in [2.75, 3.05) is 6.61 Å². The Morgan fingerprint density at radius 2 is 1.11 bits per heavy atom. The number of ether oxygens (including phenoxy) is 3. The van der Waals surface area contributed by atoms with E-state index in [0.29, 0.717) is 17.7 Å². The molecule has 1 saturated heterocycles. The summed E-state index contributed by atoms with van der Waals surface area (Å²) in [6.07, 6.45) is 19.3. The van der Waals surface area contributed by atoms with Gasteiger partial charge in [0.1, 0.15) is 0 Å². The maximum Gasteiger partial charge on any atom is 0.351 e. The Labute approximate surface area is 228 Å². The molecule has 7 heteroatoms. The zero-order valence-electron chi connectivity index (χ0n) is 23.6. The van der Waals surface area contributed by atoms with Crippen molar-refractivity contribution < 1.29 is 28.6 Å². The molecule has 7 nitrogen and oxygen atoms in total. The second-order valence-corrected chi connectivity index (χ2v) is 10.6. The Bertz CT molecular complexity index is 897. The highest BCUT2D eigenvalue weighted by molar-refractivity contribution is 6.20. The minimum absolute atomic E-state index is 0.0618. The number of esters is 3. The van der Waals surface area contributed by atoms with Crippen molar-refractivity contribution in [3.05, 3.63) is 41.0 Å². The highest BCUT2D eigenvalue weighted by atomic mass is 16.7. The van der Waals surface area contributed by atoms with E-state index in [9.17, 15) is 14.4 Å². The van der Waals surface area contributed by atoms with Crippen molar-refractivity contribution >= 4 is 23.6 Å². The van der Waals surface area contributed by atoms with Crippen LogP contribution in [0.25, 0.3) is 5.70 Å². The molecule has 1 aliphatic rings. The molecule has 1 aromatic rings. The van der Waals surface area contributed by atoms with E-state index < -0.39 is 23.7 Å². The van der Waals surface area contributed by atoms with E-state index in [1.807, 2.05) is 0 Å². The van der Waals surface area contributed by atoms with Gasteiger partial charge in [0.2, 0.25) is 0 Å². The van der Waals surface area contributed by atoms with Crippen LogP contribution in [-0.2, 0) is 23.8 Å². The van der Waals surface area contributed by atoms with Gasteiger partial charge in [0.15, 0.2) is 5.57 Å². The normalized spacial score (nSPS) is 14.7. The molecule has 1 aromatic carbocycles. The third kappa shape index (κ3) is 11.3. The van der Waals surface area contributed by atoms with Crippen molar-refractivity contribution in [3.8, 4) is 0 Å². The Morgan fingerprint density at radius 1 is 0.711 bits per heavy atom. The largest absolute Gasteiger partial charge is 0.462 e. The van der Waals surface area contributed by atoms with Gasteiger partial charge in [-0.05, 0) is 24.1 Å². The quantitative estimate of drug-likeness (QED) is 0.0926. The zero-order valence-corrected chi connectivity index (χ0v) is 23.6. The minimum Gasteiger partial charge on any atom is -0.462 e. The van der Waals surface area contributed by atoms with Gasteiger partial charge in [-0.25, -0.2) is 14.4 Å². The lowest BCUT2D eigenvalue weighted by Gasteiger charge is -2.30. The average Bonchev–Trinajstić information content (AvgIpc) is 2.87. The molecule has 0 aromatic heterocycles. The van der Waals surface area contributed by atoms with Gasteiger partial charge in [-0.1, -0.05) is 109 Å². The molecule has 0 aliphatic carbocycles. The summed E-state index contributed by atoms with van der Waals surface area (Å²) in [7, 11) is 0. The summed E-state index contributed by atoms with van der Waals surface area (Å²) in [5.41, 5.74) is 6.40. The average molecular weight is 530 g/mol. The van der Waals surface area contributed by atoms with Gasteiger partial charge in [0.25, 0.3) is 5.79 Å². The molecule has 1 heterocycles. The predicted octanol–water partition coefficient (Wildman–Crippen LogP) is 7.22. The molecular formula is C31H47NO6. The molecule has 2 N–H and O–H groups in total. The summed E-state index contributed by atoms with van der Waals surface area (Å²) in [4.78, 5) is 36.7. The van der Waals surface area contributed by atoms with E-state index in [2.05, 4.69) is 6.92 Å². The van der Waals surface area contributed by atoms with Gasteiger partial charge in [0.05, 0.1) is 17.9 Å². The number of hydrogen-bond acceptors (Lipinski definition) is 7. The first-order valence-electron chi connectivity index (χ1n) is 14.5. The predicted molar refractivity (Wildman–Crippen MR) is 149 cm³/mol. The molecule has 2 rings (SSSR count). The van der Waals surface area contributed by atoms with Crippen molar-refractivity contribution in [2.45, 2.75) is 123 Å². The van der Waals surface area contributed by atoms with Gasteiger partial charge < -0.3 is 19.9 Å². The molecular weight excluding hydrogens is 482 g/mol. The number of unbranched alkanes of at least 4 members (excludes halogenated alkanes) is 14. The highest BCUT2D eigenvalue weighted by Gasteiger charge is 2.40. The Hall–Kier alpha value is -2.83. The number of cyclic esters (lactones) is 2. The van der Waals surface area contributed by atoms with Crippen LogP contribution in [0.5, 0.6) is 0 Å². The van der Waals surface area contributed by atoms with Crippen LogP contribution in [0.1, 0.15) is 133 Å². The third-order valence-electron chi connectivity index (χ3n) is 6.77. The van der Waals surface area contributed by atoms with Gasteiger partial charge in [-0.15, -0.1) is 0 Å². The lowest BCUT2D eigenvalue weighted by atomic mass is 10.0. The van der Waals surface area contributed by atoms with Crippen LogP contribution < -0.4 is 5.73 Å². The van der Waals surface area contributed by atoms with Crippen molar-refractivity contribution in [1.29, 1.82) is 0 Å². The maximum atomic E-state index is 12.3. The number of hydrogen-bond donors (Lipinski definition) is 1. The fraction of sp³-hybridized carbons (Fsp3) is 0.645. The smallest absolute Gasteiger partial charge is 0.351 e. The summed E-state index contributed by atoms with van der Waals surface area (Å²) in [6.45, 7) is 5.58. The molecule has 0 unspecified atom stereocenters. The van der Waals surface area contributed by atoms with Crippen LogP contribution in [0, 0.1) is 0 Å². The van der Waals surface area contributed by atoms with Crippen molar-refractivity contribution in [3.63, 3.8) is 0 Å². The second-order valence-electron chi connectivity index (χ2n) is 10.6. The summed E-state index contributed by atoms with van der Waals surface area (Å²) in [5.74, 6) is -3.42. The van der Waals surface area contributed by atoms with Crippen LogP contribution in [0.2, 0.25) is 0 Å². The molecule has 0 atom stereocenters. The lowest BCUT2D eigenvalue weighted by molar-refractivity contribution is -0.222. The molecule has 0 amide bonds. The monoisotopic (exact) mass is 529 g/mol. The number of rotatable bonds is 18. The van der Waals surface area contributed by atoms with Gasteiger partial charge >= 0.3 is 17.9 Å². The Balaban J connectivity index is 1.57. The van der Waals surface area contributed by atoms with Gasteiger partial charge in [0, 0.05) is 13.8 Å². The maximum absolute atomic E-state index is 12.3. The first-order chi connectivity index (χ1) is 18.2. The number of carbonyl (C=O) groups is 3. The third-order valence-corrected chi connectivity index (χ3v) is 6.77. The van der Waals surface area contributed by atoms with Crippen molar-refractivity contribution in [1.82, 2.24) is 0 Å². The number of carbonyl (C=O) groups excluding carboxylic acids is 3. The van der Waals surface area contributed by atoms with Crippen LogP contribution in [-0.4, -0.2) is 30.3 Å². The number of benzene rings is 1. The molecule has 1 fully saturated rings. The number of nitrogens with two attached hydrogens (primary N) is 1. The van der Waals surface area contributed by atoms with Crippen LogP contribution in [0.4, 0.5) is 0 Å². The Morgan fingerprint density at radius 3 is 1.55 bits per heavy atom. The lowest BCUT2D eigenvalue weighted by Crippen LogP contribution is -2.42. The van der Waals surface area contributed by atoms with Gasteiger partial charge in [-0.2, -0.15) is 0 Å². The van der Waals surface area contributed by atoms with Crippen LogP contribution in [0.15, 0.2) is 29.8 Å².